The van der Waals surface area contributed by atoms with Gasteiger partial charge in [0, 0.05) is 6.54 Å². The van der Waals surface area contributed by atoms with Crippen LogP contribution in [0.15, 0.2) is 6.20 Å². The summed E-state index contributed by atoms with van der Waals surface area (Å²) in [6, 6.07) is 0. The van der Waals surface area contributed by atoms with Gasteiger partial charge in [-0.1, -0.05) is 5.21 Å². The molecule has 2 heterocycles. The molecule has 2 amide bonds. The van der Waals surface area contributed by atoms with Crippen molar-refractivity contribution in [2.24, 2.45) is 5.84 Å². The minimum absolute atomic E-state index is 0.136. The summed E-state index contributed by atoms with van der Waals surface area (Å²) in [6.45, 7) is 1.90. The number of nitrogens with two attached hydrogens (primary N) is 1. The van der Waals surface area contributed by atoms with E-state index in [4.69, 9.17) is 10.6 Å². The number of hydrazine groups is 1. The molecule has 1 saturated heterocycles. The number of carbonyl (C=O) groups is 2. The van der Waals surface area contributed by atoms with Crippen LogP contribution < -0.4 is 11.3 Å². The van der Waals surface area contributed by atoms with E-state index in [0.717, 1.165) is 0 Å². The van der Waals surface area contributed by atoms with Crippen LogP contribution in [0.4, 0.5) is 4.79 Å². The third-order valence-electron chi connectivity index (χ3n) is 2.35. The first-order valence-electron chi connectivity index (χ1n) is 5.03. The first-order chi connectivity index (χ1) is 8.20. The molecule has 0 saturated carbocycles. The fraction of sp³-hybridized carbons (Fsp3) is 0.500. The van der Waals surface area contributed by atoms with Gasteiger partial charge >= 0.3 is 6.09 Å². The van der Waals surface area contributed by atoms with Crippen LogP contribution in [0.5, 0.6) is 0 Å². The van der Waals surface area contributed by atoms with Crippen LogP contribution in [-0.4, -0.2) is 51.6 Å². The molecular weight excluding hydrogens is 228 g/mol. The smallest absolute Gasteiger partial charge is 0.410 e. The maximum Gasteiger partial charge on any atom is 0.410 e. The number of amides is 2. The molecule has 0 aliphatic carbocycles. The van der Waals surface area contributed by atoms with Crippen molar-refractivity contribution in [3.05, 3.63) is 11.9 Å². The van der Waals surface area contributed by atoms with Gasteiger partial charge in [-0.25, -0.2) is 15.3 Å². The van der Waals surface area contributed by atoms with E-state index in [2.05, 4.69) is 10.3 Å². The van der Waals surface area contributed by atoms with E-state index < -0.39 is 5.91 Å². The molecule has 9 nitrogen and oxygen atoms in total. The average Bonchev–Trinajstić information content (AvgIpc) is 2.94. The summed E-state index contributed by atoms with van der Waals surface area (Å²) in [5, 5.41) is 7.38. The maximum absolute atomic E-state index is 11.1. The molecule has 0 unspecified atom stereocenters. The molecule has 3 N–H and O–H groups in total. The Labute approximate surface area is 96.5 Å². The Morgan fingerprint density at radius 3 is 3.06 bits per heavy atom. The summed E-state index contributed by atoms with van der Waals surface area (Å²) in [7, 11) is 0. The first kappa shape index (κ1) is 11.3. The highest BCUT2D eigenvalue weighted by Crippen LogP contribution is 2.03. The Bertz CT molecular complexity index is 431. The molecule has 0 bridgehead atoms. The van der Waals surface area contributed by atoms with E-state index >= 15 is 0 Å². The van der Waals surface area contributed by atoms with E-state index in [1.807, 2.05) is 5.43 Å². The molecule has 0 radical (unpaired) electrons. The molecule has 1 aromatic rings. The molecule has 9 heteroatoms. The lowest BCUT2D eigenvalue weighted by Crippen LogP contribution is -2.30. The van der Waals surface area contributed by atoms with Gasteiger partial charge in [0.15, 0.2) is 5.69 Å². The molecule has 0 aromatic carbocycles. The Kier molecular flexibility index (Phi) is 3.19. The summed E-state index contributed by atoms with van der Waals surface area (Å²) < 4.78 is 6.24. The lowest BCUT2D eigenvalue weighted by atomic mass is 10.4. The largest absolute Gasteiger partial charge is 0.448 e. The zero-order valence-corrected chi connectivity index (χ0v) is 9.00. The van der Waals surface area contributed by atoms with Gasteiger partial charge in [0.1, 0.15) is 6.61 Å². The van der Waals surface area contributed by atoms with Gasteiger partial charge < -0.3 is 9.64 Å². The predicted octanol–water partition coefficient (Wildman–Crippen LogP) is -1.67. The summed E-state index contributed by atoms with van der Waals surface area (Å²) in [4.78, 5) is 23.8. The Balaban J connectivity index is 1.89. The van der Waals surface area contributed by atoms with Gasteiger partial charge in [0.2, 0.25) is 0 Å². The van der Waals surface area contributed by atoms with E-state index in [0.29, 0.717) is 26.2 Å². The second-order valence-corrected chi connectivity index (χ2v) is 3.44. The number of cyclic esters (lactones) is 1. The minimum atomic E-state index is -0.503. The molecule has 1 aromatic heterocycles. The van der Waals surface area contributed by atoms with Crippen LogP contribution >= 0.6 is 0 Å². The SMILES string of the molecule is NNC(=O)c1cn(CCN2CCOC2=O)nn1. The van der Waals surface area contributed by atoms with Crippen molar-refractivity contribution in [1.29, 1.82) is 0 Å². The van der Waals surface area contributed by atoms with Crippen molar-refractivity contribution >= 4 is 12.0 Å². The van der Waals surface area contributed by atoms with Crippen LogP contribution in [0.3, 0.4) is 0 Å². The molecule has 1 fully saturated rings. The number of hydrogen-bond acceptors (Lipinski definition) is 6. The molecular formula is C8H12N6O3. The van der Waals surface area contributed by atoms with Crippen molar-refractivity contribution in [3.8, 4) is 0 Å². The summed E-state index contributed by atoms with van der Waals surface area (Å²) in [6.07, 6.45) is 1.13. The third-order valence-corrected chi connectivity index (χ3v) is 2.35. The van der Waals surface area contributed by atoms with Gasteiger partial charge in [0.05, 0.1) is 19.3 Å². The van der Waals surface area contributed by atoms with Crippen LogP contribution in [0.2, 0.25) is 0 Å². The average molecular weight is 240 g/mol. The maximum atomic E-state index is 11.1. The van der Waals surface area contributed by atoms with Gasteiger partial charge in [-0.2, -0.15) is 0 Å². The van der Waals surface area contributed by atoms with Crippen LogP contribution in [-0.2, 0) is 11.3 Å². The Morgan fingerprint density at radius 1 is 1.59 bits per heavy atom. The zero-order chi connectivity index (χ0) is 12.3. The molecule has 92 valence electrons. The number of nitrogens with one attached hydrogen (secondary N) is 1. The second kappa shape index (κ2) is 4.78. The number of rotatable bonds is 4. The van der Waals surface area contributed by atoms with Crippen LogP contribution in [0.1, 0.15) is 10.5 Å². The summed E-state index contributed by atoms with van der Waals surface area (Å²) in [5.74, 6) is 4.46. The molecule has 2 rings (SSSR count). The standard InChI is InChI=1S/C8H12N6O3/c9-10-7(15)6-5-14(12-11-6)2-1-13-3-4-17-8(13)16/h5H,1-4,9H2,(H,10,15). The van der Waals surface area contributed by atoms with Crippen LogP contribution in [0.25, 0.3) is 0 Å². The highest BCUT2D eigenvalue weighted by Gasteiger charge is 2.21. The molecule has 1 aliphatic rings. The van der Waals surface area contributed by atoms with Crippen LogP contribution in [0, 0.1) is 0 Å². The predicted molar refractivity (Wildman–Crippen MR) is 54.6 cm³/mol. The summed E-state index contributed by atoms with van der Waals surface area (Å²) in [5.41, 5.74) is 2.10. The fourth-order valence-electron chi connectivity index (χ4n) is 1.44. The molecule has 0 atom stereocenters. The van der Waals surface area contributed by atoms with Crippen molar-refractivity contribution in [2.75, 3.05) is 19.7 Å². The van der Waals surface area contributed by atoms with E-state index in [-0.39, 0.29) is 11.8 Å². The minimum Gasteiger partial charge on any atom is -0.448 e. The zero-order valence-electron chi connectivity index (χ0n) is 9.00. The number of hydrogen-bond donors (Lipinski definition) is 2. The molecule has 0 spiro atoms. The normalized spacial score (nSPS) is 14.9. The lowest BCUT2D eigenvalue weighted by Gasteiger charge is -2.11. The lowest BCUT2D eigenvalue weighted by molar-refractivity contribution is 0.0948. The number of carbonyl (C=O) groups excluding carboxylic acids is 2. The van der Waals surface area contributed by atoms with Crippen molar-refractivity contribution < 1.29 is 14.3 Å². The molecule has 1 aliphatic heterocycles. The second-order valence-electron chi connectivity index (χ2n) is 3.44. The highest BCUT2D eigenvalue weighted by atomic mass is 16.6. The Morgan fingerprint density at radius 2 is 2.41 bits per heavy atom. The Hall–Kier alpha value is -2.16. The van der Waals surface area contributed by atoms with E-state index in [9.17, 15) is 9.59 Å². The number of nitrogen functional groups attached to an aromatic ring is 1. The van der Waals surface area contributed by atoms with Gasteiger partial charge in [-0.05, 0) is 0 Å². The number of aromatic nitrogens is 3. The van der Waals surface area contributed by atoms with Gasteiger partial charge in [-0.15, -0.1) is 5.10 Å². The summed E-state index contributed by atoms with van der Waals surface area (Å²) >= 11 is 0. The fourth-order valence-corrected chi connectivity index (χ4v) is 1.44. The first-order valence-corrected chi connectivity index (χ1v) is 5.03. The van der Waals surface area contributed by atoms with Crippen molar-refractivity contribution in [2.45, 2.75) is 6.54 Å². The molecule has 17 heavy (non-hydrogen) atoms. The number of ether oxygens (including phenoxy) is 1. The topological polar surface area (TPSA) is 115 Å². The third kappa shape index (κ3) is 2.50. The quantitative estimate of drug-likeness (QED) is 0.369. The highest BCUT2D eigenvalue weighted by molar-refractivity contribution is 5.91. The van der Waals surface area contributed by atoms with E-state index in [1.54, 1.807) is 4.90 Å². The van der Waals surface area contributed by atoms with Crippen molar-refractivity contribution in [1.82, 2.24) is 25.3 Å². The van der Waals surface area contributed by atoms with Crippen molar-refractivity contribution in [3.63, 3.8) is 0 Å². The van der Waals surface area contributed by atoms with Gasteiger partial charge in [-0.3, -0.25) is 10.2 Å². The monoisotopic (exact) mass is 240 g/mol. The van der Waals surface area contributed by atoms with E-state index in [1.165, 1.54) is 10.9 Å². The number of nitrogens with zero attached hydrogens (tertiary/aromatic N) is 4. The van der Waals surface area contributed by atoms with Gasteiger partial charge in [0.25, 0.3) is 5.91 Å².